The van der Waals surface area contributed by atoms with Crippen LogP contribution in [0.25, 0.3) is 11.3 Å². The zero-order valence-corrected chi connectivity index (χ0v) is 20.9. The van der Waals surface area contributed by atoms with E-state index in [1.807, 2.05) is 31.2 Å². The van der Waals surface area contributed by atoms with E-state index < -0.39 is 17.6 Å². The highest BCUT2D eigenvalue weighted by molar-refractivity contribution is 6.04. The third-order valence-electron chi connectivity index (χ3n) is 6.47. The number of halogens is 3. The van der Waals surface area contributed by atoms with Crippen molar-refractivity contribution in [2.75, 3.05) is 5.32 Å². The van der Waals surface area contributed by atoms with Crippen LogP contribution in [-0.2, 0) is 12.7 Å². The standard InChI is InChI=1S/C29H25F3N4O3/c1-17-5-7-18(8-6-17)16-33-28(39)36-25(19-9-10-19)15-24(35-36)23-12-11-22(14-26(23)37)34-27(38)20-3-2-4-21(13-20)29(30,31)32/h2-8,11-15,19,37H,9-10,16H2,1H3,(H,33,39)(H,34,38). The number of hydrogen-bond donors (Lipinski definition) is 3. The van der Waals surface area contributed by atoms with Crippen LogP contribution in [-0.4, -0.2) is 26.8 Å². The largest absolute Gasteiger partial charge is 0.507 e. The number of carbonyl (C=O) groups excluding carboxylic acids is 2. The SMILES string of the molecule is Cc1ccc(CNC(=O)n2nc(-c3ccc(NC(=O)c4cccc(C(F)(F)F)c4)cc3O)cc2C2CC2)cc1. The summed E-state index contributed by atoms with van der Waals surface area (Å²) in [5.41, 5.74) is 2.64. The first-order chi connectivity index (χ1) is 18.6. The van der Waals surface area contributed by atoms with Crippen LogP contribution in [0.4, 0.5) is 23.7 Å². The van der Waals surface area contributed by atoms with E-state index in [0.717, 1.165) is 47.9 Å². The summed E-state index contributed by atoms with van der Waals surface area (Å²) in [6, 6.07) is 17.6. The molecule has 5 rings (SSSR count). The van der Waals surface area contributed by atoms with Crippen LogP contribution in [0.3, 0.4) is 0 Å². The number of aromatic nitrogens is 2. The highest BCUT2D eigenvalue weighted by atomic mass is 19.4. The Morgan fingerprint density at radius 1 is 1.03 bits per heavy atom. The molecule has 0 radical (unpaired) electrons. The van der Waals surface area contributed by atoms with Crippen LogP contribution in [0.2, 0.25) is 0 Å². The van der Waals surface area contributed by atoms with Crippen molar-refractivity contribution in [3.05, 3.63) is 101 Å². The normalized spacial score (nSPS) is 13.2. The van der Waals surface area contributed by atoms with Gasteiger partial charge in [-0.2, -0.15) is 23.0 Å². The van der Waals surface area contributed by atoms with E-state index in [0.29, 0.717) is 17.8 Å². The van der Waals surface area contributed by atoms with Crippen LogP contribution in [0, 0.1) is 6.92 Å². The molecule has 0 bridgehead atoms. The number of phenols is 1. The number of aryl methyl sites for hydroxylation is 1. The number of benzene rings is 3. The van der Waals surface area contributed by atoms with Crippen molar-refractivity contribution in [1.29, 1.82) is 0 Å². The van der Waals surface area contributed by atoms with Gasteiger partial charge in [-0.05, 0) is 61.7 Å². The maximum absolute atomic E-state index is 13.0. The number of hydrogen-bond acceptors (Lipinski definition) is 4. The molecule has 1 heterocycles. The quantitative estimate of drug-likeness (QED) is 0.264. The summed E-state index contributed by atoms with van der Waals surface area (Å²) in [6.45, 7) is 2.33. The van der Waals surface area contributed by atoms with Crippen molar-refractivity contribution in [3.63, 3.8) is 0 Å². The number of rotatable bonds is 6. The Balaban J connectivity index is 1.33. The van der Waals surface area contributed by atoms with Crippen molar-refractivity contribution in [2.45, 2.75) is 38.4 Å². The van der Waals surface area contributed by atoms with E-state index >= 15 is 0 Å². The number of aromatic hydroxyl groups is 1. The fourth-order valence-corrected chi connectivity index (χ4v) is 4.18. The molecule has 39 heavy (non-hydrogen) atoms. The maximum Gasteiger partial charge on any atom is 0.416 e. The highest BCUT2D eigenvalue weighted by Gasteiger charge is 2.32. The number of nitrogens with one attached hydrogen (secondary N) is 2. The summed E-state index contributed by atoms with van der Waals surface area (Å²) in [4.78, 5) is 25.5. The van der Waals surface area contributed by atoms with Crippen molar-refractivity contribution in [3.8, 4) is 17.0 Å². The lowest BCUT2D eigenvalue weighted by Gasteiger charge is -2.10. The minimum Gasteiger partial charge on any atom is -0.507 e. The van der Waals surface area contributed by atoms with Crippen molar-refractivity contribution < 1.29 is 27.9 Å². The molecule has 1 fully saturated rings. The first-order valence-electron chi connectivity index (χ1n) is 12.3. The summed E-state index contributed by atoms with van der Waals surface area (Å²) >= 11 is 0. The monoisotopic (exact) mass is 534 g/mol. The van der Waals surface area contributed by atoms with Gasteiger partial charge in [0.05, 0.1) is 17.0 Å². The van der Waals surface area contributed by atoms with E-state index in [2.05, 4.69) is 15.7 Å². The molecule has 0 saturated heterocycles. The Bertz CT molecular complexity index is 1540. The Kier molecular flexibility index (Phi) is 6.86. The van der Waals surface area contributed by atoms with Gasteiger partial charge < -0.3 is 15.7 Å². The predicted molar refractivity (Wildman–Crippen MR) is 140 cm³/mol. The first-order valence-corrected chi connectivity index (χ1v) is 12.3. The highest BCUT2D eigenvalue weighted by Crippen LogP contribution is 2.42. The van der Waals surface area contributed by atoms with E-state index in [9.17, 15) is 27.9 Å². The summed E-state index contributed by atoms with van der Waals surface area (Å²) in [7, 11) is 0. The molecule has 4 aromatic rings. The molecule has 1 saturated carbocycles. The van der Waals surface area contributed by atoms with Crippen molar-refractivity contribution in [2.24, 2.45) is 0 Å². The fraction of sp³-hybridized carbons (Fsp3) is 0.207. The molecule has 10 heteroatoms. The fourth-order valence-electron chi connectivity index (χ4n) is 4.18. The Morgan fingerprint density at radius 3 is 2.44 bits per heavy atom. The number of phenolic OH excluding ortho intramolecular Hbond substituents is 1. The number of carbonyl (C=O) groups is 2. The van der Waals surface area contributed by atoms with Gasteiger partial charge in [0.2, 0.25) is 0 Å². The lowest BCUT2D eigenvalue weighted by molar-refractivity contribution is -0.137. The van der Waals surface area contributed by atoms with Crippen molar-refractivity contribution in [1.82, 2.24) is 15.1 Å². The number of nitrogens with zero attached hydrogens (tertiary/aromatic N) is 2. The number of anilines is 1. The van der Waals surface area contributed by atoms with Crippen LogP contribution >= 0.6 is 0 Å². The summed E-state index contributed by atoms with van der Waals surface area (Å²) in [6.07, 6.45) is -2.71. The maximum atomic E-state index is 13.0. The van der Waals surface area contributed by atoms with E-state index in [1.54, 1.807) is 6.07 Å². The Labute approximate surface area is 222 Å². The molecule has 0 aliphatic heterocycles. The van der Waals surface area contributed by atoms with E-state index in [-0.39, 0.29) is 28.9 Å². The topological polar surface area (TPSA) is 96.3 Å². The summed E-state index contributed by atoms with van der Waals surface area (Å²) in [5, 5.41) is 20.5. The molecule has 1 aromatic heterocycles. The molecular formula is C29H25F3N4O3. The average molecular weight is 535 g/mol. The van der Waals surface area contributed by atoms with Crippen LogP contribution in [0.5, 0.6) is 5.75 Å². The zero-order chi connectivity index (χ0) is 27.7. The first kappa shape index (κ1) is 26.0. The van der Waals surface area contributed by atoms with E-state index in [1.165, 1.54) is 28.9 Å². The zero-order valence-electron chi connectivity index (χ0n) is 20.9. The van der Waals surface area contributed by atoms with Gasteiger partial charge in [0.1, 0.15) is 5.75 Å². The average Bonchev–Trinajstić information content (AvgIpc) is 3.66. The van der Waals surface area contributed by atoms with Gasteiger partial charge in [-0.25, -0.2) is 4.79 Å². The Morgan fingerprint density at radius 2 is 1.77 bits per heavy atom. The minimum atomic E-state index is -4.57. The van der Waals surface area contributed by atoms with Crippen molar-refractivity contribution >= 4 is 17.6 Å². The minimum absolute atomic E-state index is 0.169. The molecule has 2 amide bonds. The van der Waals surface area contributed by atoms with E-state index in [4.69, 9.17) is 0 Å². The third-order valence-corrected chi connectivity index (χ3v) is 6.47. The number of amides is 2. The van der Waals surface area contributed by atoms with Gasteiger partial charge >= 0.3 is 12.2 Å². The predicted octanol–water partition coefficient (Wildman–Crippen LogP) is 6.47. The Hall–Kier alpha value is -4.60. The van der Waals surface area contributed by atoms with Gasteiger partial charge in [-0.15, -0.1) is 0 Å². The van der Waals surface area contributed by atoms with Crippen LogP contribution < -0.4 is 10.6 Å². The van der Waals surface area contributed by atoms with Gasteiger partial charge in [0.25, 0.3) is 5.91 Å². The lowest BCUT2D eigenvalue weighted by Crippen LogP contribution is -2.30. The molecule has 0 atom stereocenters. The molecule has 3 N–H and O–H groups in total. The molecule has 0 unspecified atom stereocenters. The molecule has 7 nitrogen and oxygen atoms in total. The molecule has 3 aromatic carbocycles. The second-order valence-corrected chi connectivity index (χ2v) is 9.55. The van der Waals surface area contributed by atoms with Crippen LogP contribution in [0.1, 0.15) is 51.5 Å². The molecule has 200 valence electrons. The van der Waals surface area contributed by atoms with Crippen LogP contribution in [0.15, 0.2) is 72.8 Å². The number of alkyl halides is 3. The van der Waals surface area contributed by atoms with Gasteiger partial charge in [0, 0.05) is 35.3 Å². The third kappa shape index (κ3) is 5.95. The second kappa shape index (κ2) is 10.3. The smallest absolute Gasteiger partial charge is 0.416 e. The molecule has 0 spiro atoms. The molecule has 1 aliphatic carbocycles. The van der Waals surface area contributed by atoms with Gasteiger partial charge in [-0.1, -0.05) is 35.9 Å². The molecular weight excluding hydrogens is 509 g/mol. The molecule has 1 aliphatic rings. The lowest BCUT2D eigenvalue weighted by atomic mass is 10.1. The summed E-state index contributed by atoms with van der Waals surface area (Å²) in [5.74, 6) is -0.757. The van der Waals surface area contributed by atoms with Gasteiger partial charge in [-0.3, -0.25) is 4.79 Å². The van der Waals surface area contributed by atoms with Gasteiger partial charge in [0.15, 0.2) is 0 Å². The second-order valence-electron chi connectivity index (χ2n) is 9.55. The summed E-state index contributed by atoms with van der Waals surface area (Å²) < 4.78 is 40.3.